The average molecular weight is 439 g/mol. The lowest BCUT2D eigenvalue weighted by Gasteiger charge is -2.10. The highest BCUT2D eigenvalue weighted by Crippen LogP contribution is 2.25. The van der Waals surface area contributed by atoms with Gasteiger partial charge in [0.1, 0.15) is 5.75 Å². The van der Waals surface area contributed by atoms with Crippen molar-refractivity contribution >= 4 is 23.7 Å². The molecule has 0 saturated heterocycles. The number of ether oxygens (including phenoxy) is 3. The molecule has 0 atom stereocenters. The number of hydrazone groups is 1. The Bertz CT molecular complexity index is 1020. The summed E-state index contributed by atoms with van der Waals surface area (Å²) in [7, 11) is 1.62. The highest BCUT2D eigenvalue weighted by Gasteiger charge is 2.04. The monoisotopic (exact) mass is 438 g/mol. The number of methoxy groups -OCH3 is 1. The number of nitrogens with one attached hydrogen (secondary N) is 1. The number of hydrogen-bond acceptors (Lipinski definition) is 5. The van der Waals surface area contributed by atoms with Crippen molar-refractivity contribution < 1.29 is 19.0 Å². The quantitative estimate of drug-likeness (QED) is 0.276. The van der Waals surface area contributed by atoms with Crippen molar-refractivity contribution in [3.05, 3.63) is 88.9 Å². The zero-order chi connectivity index (χ0) is 21.9. The SMILES string of the molecule is COc1ccccc1OCCCOc1ccc(/C=N/NC(=O)c2cccc(Cl)c2)cc1. The van der Waals surface area contributed by atoms with Gasteiger partial charge in [-0.25, -0.2) is 5.43 Å². The smallest absolute Gasteiger partial charge is 0.271 e. The van der Waals surface area contributed by atoms with E-state index in [1.54, 1.807) is 37.6 Å². The minimum atomic E-state index is -0.325. The Kier molecular flexibility index (Phi) is 8.31. The van der Waals surface area contributed by atoms with Crippen molar-refractivity contribution in [1.82, 2.24) is 5.43 Å². The van der Waals surface area contributed by atoms with E-state index in [1.165, 1.54) is 0 Å². The number of para-hydroxylation sites is 2. The summed E-state index contributed by atoms with van der Waals surface area (Å²) in [6.45, 7) is 1.05. The van der Waals surface area contributed by atoms with E-state index >= 15 is 0 Å². The molecular formula is C24H23ClN2O4. The van der Waals surface area contributed by atoms with Crippen LogP contribution in [0.4, 0.5) is 0 Å². The molecule has 0 saturated carbocycles. The molecule has 0 heterocycles. The summed E-state index contributed by atoms with van der Waals surface area (Å²) in [4.78, 5) is 12.0. The highest BCUT2D eigenvalue weighted by atomic mass is 35.5. The minimum Gasteiger partial charge on any atom is -0.493 e. The van der Waals surface area contributed by atoms with E-state index in [0.29, 0.717) is 29.5 Å². The Balaban J connectivity index is 1.38. The Labute approximate surface area is 186 Å². The van der Waals surface area contributed by atoms with Crippen molar-refractivity contribution in [1.29, 1.82) is 0 Å². The summed E-state index contributed by atoms with van der Waals surface area (Å²) in [5.41, 5.74) is 3.76. The molecule has 1 N–H and O–H groups in total. The summed E-state index contributed by atoms with van der Waals surface area (Å²) in [5, 5.41) is 4.47. The van der Waals surface area contributed by atoms with Gasteiger partial charge in [0.2, 0.25) is 0 Å². The van der Waals surface area contributed by atoms with Gasteiger partial charge in [0, 0.05) is 17.0 Å². The summed E-state index contributed by atoms with van der Waals surface area (Å²) in [5.74, 6) is 1.85. The van der Waals surface area contributed by atoms with Crippen molar-refractivity contribution in [2.24, 2.45) is 5.10 Å². The van der Waals surface area contributed by atoms with Gasteiger partial charge in [-0.15, -0.1) is 0 Å². The number of benzene rings is 3. The van der Waals surface area contributed by atoms with Crippen LogP contribution in [0, 0.1) is 0 Å². The second kappa shape index (κ2) is 11.6. The van der Waals surface area contributed by atoms with Crippen molar-refractivity contribution in [3.8, 4) is 17.2 Å². The van der Waals surface area contributed by atoms with Crippen LogP contribution in [-0.4, -0.2) is 32.4 Å². The van der Waals surface area contributed by atoms with E-state index in [1.807, 2.05) is 48.5 Å². The van der Waals surface area contributed by atoms with E-state index in [2.05, 4.69) is 10.5 Å². The lowest BCUT2D eigenvalue weighted by Crippen LogP contribution is -2.17. The highest BCUT2D eigenvalue weighted by molar-refractivity contribution is 6.30. The first-order valence-corrected chi connectivity index (χ1v) is 10.1. The zero-order valence-corrected chi connectivity index (χ0v) is 17.8. The summed E-state index contributed by atoms with van der Waals surface area (Å²) in [6.07, 6.45) is 2.30. The molecule has 0 bridgehead atoms. The van der Waals surface area contributed by atoms with Crippen LogP contribution in [0.2, 0.25) is 5.02 Å². The van der Waals surface area contributed by atoms with Crippen LogP contribution >= 0.6 is 11.6 Å². The second-order valence-corrected chi connectivity index (χ2v) is 6.92. The Morgan fingerprint density at radius 1 is 0.968 bits per heavy atom. The number of carbonyl (C=O) groups is 1. The fourth-order valence-electron chi connectivity index (χ4n) is 2.68. The lowest BCUT2D eigenvalue weighted by molar-refractivity contribution is 0.0955. The number of amides is 1. The van der Waals surface area contributed by atoms with Gasteiger partial charge in [0.25, 0.3) is 5.91 Å². The fourth-order valence-corrected chi connectivity index (χ4v) is 2.87. The van der Waals surface area contributed by atoms with Crippen molar-refractivity contribution in [2.75, 3.05) is 20.3 Å². The van der Waals surface area contributed by atoms with Gasteiger partial charge in [-0.05, 0) is 60.2 Å². The van der Waals surface area contributed by atoms with Crippen LogP contribution in [0.25, 0.3) is 0 Å². The fraction of sp³-hybridized carbons (Fsp3) is 0.167. The van der Waals surface area contributed by atoms with Crippen molar-refractivity contribution in [3.63, 3.8) is 0 Å². The normalized spacial score (nSPS) is 10.6. The molecule has 0 aliphatic heterocycles. The predicted molar refractivity (Wildman–Crippen MR) is 122 cm³/mol. The van der Waals surface area contributed by atoms with Gasteiger partial charge < -0.3 is 14.2 Å². The molecule has 0 aliphatic rings. The molecule has 0 spiro atoms. The maximum absolute atomic E-state index is 12.0. The lowest BCUT2D eigenvalue weighted by atomic mass is 10.2. The van der Waals surface area contributed by atoms with Crippen LogP contribution in [0.3, 0.4) is 0 Å². The first-order valence-electron chi connectivity index (χ1n) is 9.73. The molecule has 0 aliphatic carbocycles. The maximum atomic E-state index is 12.0. The van der Waals surface area contributed by atoms with E-state index in [0.717, 1.165) is 23.5 Å². The van der Waals surface area contributed by atoms with Crippen LogP contribution in [0.5, 0.6) is 17.2 Å². The Morgan fingerprint density at radius 2 is 1.71 bits per heavy atom. The van der Waals surface area contributed by atoms with Crippen LogP contribution in [-0.2, 0) is 0 Å². The third-order valence-corrected chi connectivity index (χ3v) is 4.47. The summed E-state index contributed by atoms with van der Waals surface area (Å²) >= 11 is 5.89. The average Bonchev–Trinajstić information content (AvgIpc) is 2.80. The molecule has 3 rings (SSSR count). The number of halogens is 1. The van der Waals surface area contributed by atoms with E-state index in [9.17, 15) is 4.79 Å². The molecule has 0 aromatic heterocycles. The summed E-state index contributed by atoms with van der Waals surface area (Å²) < 4.78 is 16.7. The molecule has 0 unspecified atom stereocenters. The largest absolute Gasteiger partial charge is 0.493 e. The van der Waals surface area contributed by atoms with Crippen LogP contribution in [0.1, 0.15) is 22.3 Å². The van der Waals surface area contributed by atoms with Crippen LogP contribution in [0.15, 0.2) is 77.9 Å². The molecular weight excluding hydrogens is 416 g/mol. The maximum Gasteiger partial charge on any atom is 0.271 e. The predicted octanol–water partition coefficient (Wildman–Crippen LogP) is 4.96. The van der Waals surface area contributed by atoms with E-state index in [-0.39, 0.29) is 5.91 Å². The standard InChI is InChI=1S/C24H23ClN2O4/c1-29-22-8-2-3-9-23(22)31-15-5-14-30-21-12-10-18(11-13-21)17-26-27-24(28)19-6-4-7-20(25)16-19/h2-4,6-13,16-17H,5,14-15H2,1H3,(H,27,28)/b26-17+. The number of hydrogen-bond donors (Lipinski definition) is 1. The first kappa shape index (κ1) is 22.2. The van der Waals surface area contributed by atoms with Gasteiger partial charge >= 0.3 is 0 Å². The summed E-state index contributed by atoms with van der Waals surface area (Å²) in [6, 6.07) is 21.6. The molecule has 160 valence electrons. The van der Waals surface area contributed by atoms with Gasteiger partial charge in [-0.1, -0.05) is 29.8 Å². The van der Waals surface area contributed by atoms with Crippen LogP contribution < -0.4 is 19.6 Å². The topological polar surface area (TPSA) is 69.2 Å². The Hall–Kier alpha value is -3.51. The number of carbonyl (C=O) groups excluding carboxylic acids is 1. The van der Waals surface area contributed by atoms with E-state index < -0.39 is 0 Å². The molecule has 0 radical (unpaired) electrons. The molecule has 7 heteroatoms. The number of nitrogens with zero attached hydrogens (tertiary/aromatic N) is 1. The molecule has 31 heavy (non-hydrogen) atoms. The van der Waals surface area contributed by atoms with E-state index in [4.69, 9.17) is 25.8 Å². The molecule has 3 aromatic rings. The first-order chi connectivity index (χ1) is 15.2. The zero-order valence-electron chi connectivity index (χ0n) is 17.1. The van der Waals surface area contributed by atoms with Gasteiger partial charge in [-0.2, -0.15) is 5.10 Å². The minimum absolute atomic E-state index is 0.325. The third kappa shape index (κ3) is 7.04. The van der Waals surface area contributed by atoms with Gasteiger partial charge in [0.15, 0.2) is 11.5 Å². The van der Waals surface area contributed by atoms with Crippen molar-refractivity contribution in [2.45, 2.75) is 6.42 Å². The molecule has 1 amide bonds. The van der Waals surface area contributed by atoms with Gasteiger partial charge in [0.05, 0.1) is 26.5 Å². The van der Waals surface area contributed by atoms with Gasteiger partial charge in [-0.3, -0.25) is 4.79 Å². The third-order valence-electron chi connectivity index (χ3n) is 4.23. The molecule has 6 nitrogen and oxygen atoms in total. The molecule has 0 fully saturated rings. The molecule has 3 aromatic carbocycles. The second-order valence-electron chi connectivity index (χ2n) is 6.48. The Morgan fingerprint density at radius 3 is 2.45 bits per heavy atom. The number of rotatable bonds is 10.